The van der Waals surface area contributed by atoms with Gasteiger partial charge in [-0.2, -0.15) is 0 Å². The summed E-state index contributed by atoms with van der Waals surface area (Å²) in [6.07, 6.45) is 26.8. The van der Waals surface area contributed by atoms with E-state index in [-0.39, 0.29) is 0 Å². The van der Waals surface area contributed by atoms with Crippen LogP contribution in [0, 0.1) is 0 Å². The van der Waals surface area contributed by atoms with Crippen molar-refractivity contribution in [3.8, 4) is 0 Å². The zero-order valence-corrected chi connectivity index (χ0v) is 16.7. The van der Waals surface area contributed by atoms with Gasteiger partial charge in [-0.1, -0.05) is 96.8 Å². The Bertz CT molecular complexity index is 238. The standard InChI is InChI=1S/C22H46N2/c1-2-3-4-18-21-24-22-19-16-14-12-10-8-6-5-7-9-11-13-15-17-20-23/h21H,2-20,22-23H2,1H3. The highest BCUT2D eigenvalue weighted by Crippen LogP contribution is 2.12. The first-order valence-corrected chi connectivity index (χ1v) is 11.1. The van der Waals surface area contributed by atoms with Crippen molar-refractivity contribution in [2.45, 2.75) is 122 Å². The second-order valence-corrected chi connectivity index (χ2v) is 7.32. The summed E-state index contributed by atoms with van der Waals surface area (Å²) in [4.78, 5) is 4.51. The number of hydrogen-bond donors (Lipinski definition) is 1. The predicted octanol–water partition coefficient (Wildman–Crippen LogP) is 7.06. The van der Waals surface area contributed by atoms with Crippen LogP contribution in [-0.2, 0) is 0 Å². The van der Waals surface area contributed by atoms with Gasteiger partial charge in [-0.25, -0.2) is 0 Å². The molecule has 0 aliphatic heterocycles. The van der Waals surface area contributed by atoms with E-state index in [0.717, 1.165) is 13.1 Å². The maximum atomic E-state index is 5.50. The molecule has 0 aliphatic carbocycles. The lowest BCUT2D eigenvalue weighted by Gasteiger charge is -2.03. The summed E-state index contributed by atoms with van der Waals surface area (Å²) in [6.45, 7) is 4.17. The number of rotatable bonds is 20. The first-order valence-electron chi connectivity index (χ1n) is 11.1. The normalized spacial score (nSPS) is 11.6. The van der Waals surface area contributed by atoms with Gasteiger partial charge < -0.3 is 5.73 Å². The average molecular weight is 339 g/mol. The highest BCUT2D eigenvalue weighted by atomic mass is 14.7. The quantitative estimate of drug-likeness (QED) is 0.187. The Morgan fingerprint density at radius 2 is 1.04 bits per heavy atom. The topological polar surface area (TPSA) is 38.4 Å². The molecule has 0 heterocycles. The lowest BCUT2D eigenvalue weighted by atomic mass is 10.0. The Hall–Kier alpha value is -0.370. The highest BCUT2D eigenvalue weighted by molar-refractivity contribution is 5.56. The Labute approximate surface area is 153 Å². The van der Waals surface area contributed by atoms with Gasteiger partial charge in [0.05, 0.1) is 0 Å². The van der Waals surface area contributed by atoms with Crippen molar-refractivity contribution in [3.63, 3.8) is 0 Å². The Balaban J connectivity index is 3.00. The van der Waals surface area contributed by atoms with E-state index in [9.17, 15) is 0 Å². The molecule has 0 fully saturated rings. The fourth-order valence-electron chi connectivity index (χ4n) is 3.14. The van der Waals surface area contributed by atoms with Crippen LogP contribution in [0.5, 0.6) is 0 Å². The van der Waals surface area contributed by atoms with Gasteiger partial charge in [0.25, 0.3) is 0 Å². The van der Waals surface area contributed by atoms with Crippen molar-refractivity contribution in [3.05, 3.63) is 0 Å². The minimum atomic E-state index is 0.867. The fraction of sp³-hybridized carbons (Fsp3) is 0.955. The molecule has 2 N–H and O–H groups in total. The smallest absolute Gasteiger partial charge is 0.0385 e. The summed E-state index contributed by atoms with van der Waals surface area (Å²) in [7, 11) is 0. The average Bonchev–Trinajstić information content (AvgIpc) is 2.60. The highest BCUT2D eigenvalue weighted by Gasteiger charge is 1.94. The lowest BCUT2D eigenvalue weighted by Crippen LogP contribution is -1.97. The summed E-state index contributed by atoms with van der Waals surface area (Å²) >= 11 is 0. The van der Waals surface area contributed by atoms with E-state index in [0.29, 0.717) is 0 Å². The Morgan fingerprint density at radius 3 is 1.50 bits per heavy atom. The maximum Gasteiger partial charge on any atom is 0.0385 e. The second kappa shape index (κ2) is 22.6. The second-order valence-electron chi connectivity index (χ2n) is 7.32. The van der Waals surface area contributed by atoms with E-state index < -0.39 is 0 Å². The molecule has 0 aromatic carbocycles. The third-order valence-corrected chi connectivity index (χ3v) is 4.81. The maximum absolute atomic E-state index is 5.50. The van der Waals surface area contributed by atoms with Crippen LogP contribution in [0.4, 0.5) is 0 Å². The number of hydrogen-bond acceptors (Lipinski definition) is 2. The summed E-state index contributed by atoms with van der Waals surface area (Å²) in [6, 6.07) is 0. The van der Waals surface area contributed by atoms with Crippen LogP contribution in [0.2, 0.25) is 0 Å². The van der Waals surface area contributed by atoms with E-state index >= 15 is 0 Å². The van der Waals surface area contributed by atoms with Crippen LogP contribution in [0.1, 0.15) is 122 Å². The van der Waals surface area contributed by atoms with Gasteiger partial charge in [0.1, 0.15) is 0 Å². The minimum absolute atomic E-state index is 0.867. The number of aliphatic imine (C=N–C) groups is 1. The fourth-order valence-corrected chi connectivity index (χ4v) is 3.14. The van der Waals surface area contributed by atoms with Crippen molar-refractivity contribution < 1.29 is 0 Å². The molecule has 0 aromatic heterocycles. The molecule has 2 nitrogen and oxygen atoms in total. The van der Waals surface area contributed by atoms with Crippen LogP contribution in [0.3, 0.4) is 0 Å². The minimum Gasteiger partial charge on any atom is -0.330 e. The van der Waals surface area contributed by atoms with E-state index in [1.807, 2.05) is 0 Å². The van der Waals surface area contributed by atoms with Crippen LogP contribution in [-0.4, -0.2) is 19.3 Å². The van der Waals surface area contributed by atoms with Gasteiger partial charge in [-0.05, 0) is 38.4 Å². The SMILES string of the molecule is CCCCCC=NCCCCCCCCCCCCCCCCN. The van der Waals surface area contributed by atoms with E-state index in [1.54, 1.807) is 0 Å². The lowest BCUT2D eigenvalue weighted by molar-refractivity contribution is 0.535. The zero-order chi connectivity index (χ0) is 17.6. The first-order chi connectivity index (χ1) is 11.9. The third-order valence-electron chi connectivity index (χ3n) is 4.81. The van der Waals surface area contributed by atoms with Crippen LogP contribution in [0.15, 0.2) is 4.99 Å². The summed E-state index contributed by atoms with van der Waals surface area (Å²) in [5, 5.41) is 0. The molecule has 2 heteroatoms. The summed E-state index contributed by atoms with van der Waals surface area (Å²) < 4.78 is 0. The molecule has 0 aromatic rings. The van der Waals surface area contributed by atoms with Gasteiger partial charge in [-0.3, -0.25) is 4.99 Å². The van der Waals surface area contributed by atoms with Crippen molar-refractivity contribution in [1.82, 2.24) is 0 Å². The molecule has 0 saturated carbocycles. The number of nitrogens with zero attached hydrogens (tertiary/aromatic N) is 1. The van der Waals surface area contributed by atoms with Crippen LogP contribution in [0.25, 0.3) is 0 Å². The van der Waals surface area contributed by atoms with E-state index in [2.05, 4.69) is 18.1 Å². The van der Waals surface area contributed by atoms with E-state index in [4.69, 9.17) is 5.73 Å². The third kappa shape index (κ3) is 21.6. The molecule has 0 bridgehead atoms. The molecule has 0 atom stereocenters. The first kappa shape index (κ1) is 23.6. The molecule has 0 unspecified atom stereocenters. The van der Waals surface area contributed by atoms with Gasteiger partial charge in [-0.15, -0.1) is 0 Å². The predicted molar refractivity (Wildman–Crippen MR) is 111 cm³/mol. The molecule has 0 radical (unpaired) electrons. The number of unbranched alkanes of at least 4 members (excludes halogenated alkanes) is 16. The van der Waals surface area contributed by atoms with Gasteiger partial charge >= 0.3 is 0 Å². The van der Waals surface area contributed by atoms with Crippen molar-refractivity contribution >= 4 is 6.21 Å². The Kier molecular flexibility index (Phi) is 22.3. The molecular formula is C22H46N2. The largest absolute Gasteiger partial charge is 0.330 e. The van der Waals surface area contributed by atoms with E-state index in [1.165, 1.54) is 116 Å². The molecule has 0 amide bonds. The monoisotopic (exact) mass is 338 g/mol. The molecule has 0 rings (SSSR count). The molecule has 0 spiro atoms. The number of nitrogens with two attached hydrogens (primary N) is 1. The summed E-state index contributed by atoms with van der Waals surface area (Å²) in [5.74, 6) is 0. The molecule has 0 saturated heterocycles. The summed E-state index contributed by atoms with van der Waals surface area (Å²) in [5.41, 5.74) is 5.50. The molecule has 24 heavy (non-hydrogen) atoms. The van der Waals surface area contributed by atoms with Crippen molar-refractivity contribution in [2.24, 2.45) is 10.7 Å². The molecule has 0 aliphatic rings. The molecular weight excluding hydrogens is 292 g/mol. The van der Waals surface area contributed by atoms with Crippen LogP contribution < -0.4 is 5.73 Å². The van der Waals surface area contributed by atoms with Crippen molar-refractivity contribution in [2.75, 3.05) is 13.1 Å². The van der Waals surface area contributed by atoms with Gasteiger partial charge in [0.15, 0.2) is 0 Å². The molecule has 144 valence electrons. The van der Waals surface area contributed by atoms with Crippen LogP contribution >= 0.6 is 0 Å². The van der Waals surface area contributed by atoms with Crippen molar-refractivity contribution in [1.29, 1.82) is 0 Å². The van der Waals surface area contributed by atoms with Gasteiger partial charge in [0, 0.05) is 6.54 Å². The van der Waals surface area contributed by atoms with Gasteiger partial charge in [0.2, 0.25) is 0 Å². The Morgan fingerprint density at radius 1 is 0.583 bits per heavy atom. The zero-order valence-electron chi connectivity index (χ0n) is 16.7.